The van der Waals surface area contributed by atoms with E-state index in [9.17, 15) is 14.4 Å². The lowest BCUT2D eigenvalue weighted by atomic mass is 10.2. The summed E-state index contributed by atoms with van der Waals surface area (Å²) in [4.78, 5) is 32.6. The number of ether oxygens (including phenoxy) is 1. The average molecular weight is 274 g/mol. The van der Waals surface area contributed by atoms with E-state index in [1.165, 1.54) is 14.0 Å². The summed E-state index contributed by atoms with van der Waals surface area (Å²) in [7, 11) is 1.28. The molecular weight excluding hydrogens is 252 g/mol. The fourth-order valence-corrected chi connectivity index (χ4v) is 1.42. The van der Waals surface area contributed by atoms with Gasteiger partial charge in [-0.05, 0) is 12.8 Å². The summed E-state index contributed by atoms with van der Waals surface area (Å²) < 4.78 is 4.69. The predicted molar refractivity (Wildman–Crippen MR) is 68.6 cm³/mol. The zero-order valence-corrected chi connectivity index (χ0v) is 11.4. The van der Waals surface area contributed by atoms with Crippen LogP contribution in [-0.4, -0.2) is 49.2 Å². The number of carboxylic acids is 1. The number of methoxy groups -OCH3 is 1. The molecule has 0 aliphatic carbocycles. The number of carbonyl (C=O) groups excluding carboxylic acids is 2. The number of carbonyl (C=O) groups is 3. The molecule has 3 N–H and O–H groups in total. The highest BCUT2D eigenvalue weighted by Crippen LogP contribution is 1.99. The van der Waals surface area contributed by atoms with E-state index >= 15 is 0 Å². The molecule has 110 valence electrons. The van der Waals surface area contributed by atoms with Crippen LogP contribution in [-0.2, 0) is 19.1 Å². The first-order valence-electron chi connectivity index (χ1n) is 6.24. The highest BCUT2D eigenvalue weighted by molar-refractivity contribution is 5.78. The highest BCUT2D eigenvalue weighted by atomic mass is 16.5. The van der Waals surface area contributed by atoms with Crippen molar-refractivity contribution in [2.24, 2.45) is 0 Å². The summed E-state index contributed by atoms with van der Waals surface area (Å²) in [5, 5.41) is 13.9. The highest BCUT2D eigenvalue weighted by Gasteiger charge is 2.16. The maximum atomic E-state index is 11.4. The molecule has 0 aromatic carbocycles. The first-order valence-corrected chi connectivity index (χ1v) is 6.24. The summed E-state index contributed by atoms with van der Waals surface area (Å²) in [5.74, 6) is -1.35. The lowest BCUT2D eigenvalue weighted by molar-refractivity contribution is -0.148. The number of nitrogens with one attached hydrogen (secondary N) is 2. The molecule has 0 rings (SSSR count). The second kappa shape index (κ2) is 10.3. The number of carboxylic acid groups (broad SMARTS) is 1. The lowest BCUT2D eigenvalue weighted by Gasteiger charge is -2.11. The Morgan fingerprint density at radius 1 is 1.16 bits per heavy atom. The zero-order valence-electron chi connectivity index (χ0n) is 11.4. The number of hydrogen-bond donors (Lipinski definition) is 3. The van der Waals surface area contributed by atoms with Crippen LogP contribution in [0.15, 0.2) is 0 Å². The molecule has 0 aromatic heterocycles. The van der Waals surface area contributed by atoms with Crippen LogP contribution in [0.3, 0.4) is 0 Å². The quantitative estimate of drug-likeness (QED) is 0.482. The SMILES string of the molecule is COC(CNC(=O)CCCCCNC(C)=O)C(=O)O. The van der Waals surface area contributed by atoms with Gasteiger partial charge < -0.3 is 20.5 Å². The molecule has 0 bridgehead atoms. The van der Waals surface area contributed by atoms with Crippen molar-refractivity contribution in [3.63, 3.8) is 0 Å². The van der Waals surface area contributed by atoms with Gasteiger partial charge in [0.1, 0.15) is 0 Å². The van der Waals surface area contributed by atoms with Crippen molar-refractivity contribution in [1.82, 2.24) is 10.6 Å². The van der Waals surface area contributed by atoms with Crippen LogP contribution in [0.4, 0.5) is 0 Å². The number of hydrogen-bond acceptors (Lipinski definition) is 4. The van der Waals surface area contributed by atoms with Crippen molar-refractivity contribution >= 4 is 17.8 Å². The normalized spacial score (nSPS) is 11.7. The monoisotopic (exact) mass is 274 g/mol. The minimum Gasteiger partial charge on any atom is -0.479 e. The average Bonchev–Trinajstić information content (AvgIpc) is 2.33. The molecule has 0 aliphatic rings. The molecule has 1 unspecified atom stereocenters. The predicted octanol–water partition coefficient (Wildman–Crippen LogP) is -0.101. The van der Waals surface area contributed by atoms with Crippen LogP contribution in [0.1, 0.15) is 32.6 Å². The third-order valence-corrected chi connectivity index (χ3v) is 2.50. The Kier molecular flexibility index (Phi) is 9.42. The van der Waals surface area contributed by atoms with Gasteiger partial charge in [-0.2, -0.15) is 0 Å². The fourth-order valence-electron chi connectivity index (χ4n) is 1.42. The second-order valence-corrected chi connectivity index (χ2v) is 4.16. The van der Waals surface area contributed by atoms with Gasteiger partial charge in [0.25, 0.3) is 0 Å². The molecule has 19 heavy (non-hydrogen) atoms. The molecule has 0 saturated carbocycles. The largest absolute Gasteiger partial charge is 0.479 e. The Balaban J connectivity index is 3.54. The Labute approximate surface area is 112 Å². The molecule has 0 heterocycles. The molecular formula is C12H22N2O5. The van der Waals surface area contributed by atoms with E-state index < -0.39 is 12.1 Å². The Morgan fingerprint density at radius 3 is 2.37 bits per heavy atom. The standard InChI is InChI=1S/C12H22N2O5/c1-9(15)13-7-5-3-4-6-11(16)14-8-10(19-2)12(17)18/h10H,3-8H2,1-2H3,(H,13,15)(H,14,16)(H,17,18). The zero-order chi connectivity index (χ0) is 14.7. The molecule has 7 heteroatoms. The van der Waals surface area contributed by atoms with Gasteiger partial charge in [0.05, 0.1) is 6.54 Å². The smallest absolute Gasteiger partial charge is 0.334 e. The molecule has 0 spiro atoms. The molecule has 2 amide bonds. The fraction of sp³-hybridized carbons (Fsp3) is 0.750. The van der Waals surface area contributed by atoms with Crippen LogP contribution in [0.2, 0.25) is 0 Å². The first kappa shape index (κ1) is 17.4. The van der Waals surface area contributed by atoms with E-state index in [0.29, 0.717) is 19.4 Å². The van der Waals surface area contributed by atoms with E-state index in [-0.39, 0.29) is 18.4 Å². The minimum absolute atomic E-state index is 0.0312. The third-order valence-electron chi connectivity index (χ3n) is 2.50. The van der Waals surface area contributed by atoms with E-state index in [4.69, 9.17) is 5.11 Å². The lowest BCUT2D eigenvalue weighted by Crippen LogP contribution is -2.37. The van der Waals surface area contributed by atoms with Gasteiger partial charge in [0.15, 0.2) is 6.10 Å². The van der Waals surface area contributed by atoms with Crippen LogP contribution >= 0.6 is 0 Å². The van der Waals surface area contributed by atoms with E-state index in [0.717, 1.165) is 12.8 Å². The maximum Gasteiger partial charge on any atom is 0.334 e. The van der Waals surface area contributed by atoms with Crippen LogP contribution in [0.25, 0.3) is 0 Å². The van der Waals surface area contributed by atoms with Crippen LogP contribution in [0.5, 0.6) is 0 Å². The van der Waals surface area contributed by atoms with Gasteiger partial charge in [-0.25, -0.2) is 4.79 Å². The molecule has 0 aliphatic heterocycles. The Morgan fingerprint density at radius 2 is 1.84 bits per heavy atom. The molecule has 0 fully saturated rings. The molecule has 0 radical (unpaired) electrons. The Bertz CT molecular complexity index is 306. The van der Waals surface area contributed by atoms with Crippen molar-refractivity contribution in [3.05, 3.63) is 0 Å². The van der Waals surface area contributed by atoms with Gasteiger partial charge in [-0.15, -0.1) is 0 Å². The summed E-state index contributed by atoms with van der Waals surface area (Å²) in [6.45, 7) is 2.04. The van der Waals surface area contributed by atoms with E-state index in [1.807, 2.05) is 0 Å². The van der Waals surface area contributed by atoms with Gasteiger partial charge >= 0.3 is 5.97 Å². The summed E-state index contributed by atoms with van der Waals surface area (Å²) in [6.07, 6.45) is 1.69. The molecule has 0 saturated heterocycles. The van der Waals surface area contributed by atoms with Crippen molar-refractivity contribution in [2.45, 2.75) is 38.7 Å². The van der Waals surface area contributed by atoms with Crippen molar-refractivity contribution in [1.29, 1.82) is 0 Å². The van der Waals surface area contributed by atoms with Gasteiger partial charge in [-0.1, -0.05) is 6.42 Å². The minimum atomic E-state index is -1.10. The van der Waals surface area contributed by atoms with Gasteiger partial charge in [0, 0.05) is 27.0 Å². The summed E-state index contributed by atoms with van der Waals surface area (Å²) in [5.41, 5.74) is 0. The maximum absolute atomic E-state index is 11.4. The van der Waals surface area contributed by atoms with Crippen molar-refractivity contribution in [2.75, 3.05) is 20.2 Å². The topological polar surface area (TPSA) is 105 Å². The summed E-state index contributed by atoms with van der Waals surface area (Å²) in [6, 6.07) is 0. The van der Waals surface area contributed by atoms with Gasteiger partial charge in [0.2, 0.25) is 11.8 Å². The van der Waals surface area contributed by atoms with Crippen molar-refractivity contribution < 1.29 is 24.2 Å². The van der Waals surface area contributed by atoms with Crippen molar-refractivity contribution in [3.8, 4) is 0 Å². The second-order valence-electron chi connectivity index (χ2n) is 4.16. The third kappa shape index (κ3) is 10.0. The van der Waals surface area contributed by atoms with Gasteiger partial charge in [-0.3, -0.25) is 9.59 Å². The number of aliphatic carboxylic acids is 1. The number of rotatable bonds is 10. The molecule has 1 atom stereocenters. The van der Waals surface area contributed by atoms with Crippen LogP contribution < -0.4 is 10.6 Å². The molecule has 7 nitrogen and oxygen atoms in total. The number of unbranched alkanes of at least 4 members (excludes halogenated alkanes) is 2. The van der Waals surface area contributed by atoms with Crippen LogP contribution in [0, 0.1) is 0 Å². The van der Waals surface area contributed by atoms with E-state index in [1.54, 1.807) is 0 Å². The number of amides is 2. The Hall–Kier alpha value is -1.63. The molecule has 0 aromatic rings. The first-order chi connectivity index (χ1) is 8.97. The summed E-state index contributed by atoms with van der Waals surface area (Å²) >= 11 is 0. The van der Waals surface area contributed by atoms with E-state index in [2.05, 4.69) is 15.4 Å².